The van der Waals surface area contributed by atoms with Crippen LogP contribution in [0.3, 0.4) is 0 Å². The van der Waals surface area contributed by atoms with Crippen molar-refractivity contribution >= 4 is 34.8 Å². The molecule has 1 N–H and O–H groups in total. The number of aromatic nitrogens is 1. The average Bonchev–Trinajstić information content (AvgIpc) is 2.82. The molecule has 0 aliphatic rings. The summed E-state index contributed by atoms with van der Waals surface area (Å²) in [4.78, 5) is 11.3. The van der Waals surface area contributed by atoms with Gasteiger partial charge in [0.05, 0.1) is 11.4 Å². The first kappa shape index (κ1) is 12.0. The van der Waals surface area contributed by atoms with Crippen molar-refractivity contribution in [3.8, 4) is 5.69 Å². The second kappa shape index (κ2) is 5.25. The van der Waals surface area contributed by atoms with Crippen LogP contribution in [0, 0.1) is 0 Å². The fraction of sp³-hybridized carbons (Fsp3) is 0.0833. The molecule has 0 radical (unpaired) electrons. The normalized spacial score (nSPS) is 10.2. The summed E-state index contributed by atoms with van der Waals surface area (Å²) in [5.41, 5.74) is 1.48. The molecule has 0 bridgehead atoms. The van der Waals surface area contributed by atoms with E-state index in [1.54, 1.807) is 12.1 Å². The van der Waals surface area contributed by atoms with Gasteiger partial charge in [-0.25, -0.2) is 0 Å². The summed E-state index contributed by atoms with van der Waals surface area (Å²) in [7, 11) is 0. The van der Waals surface area contributed by atoms with Crippen LogP contribution in [-0.2, 0) is 4.79 Å². The van der Waals surface area contributed by atoms with Gasteiger partial charge in [0.25, 0.3) is 0 Å². The molecule has 0 aliphatic heterocycles. The van der Waals surface area contributed by atoms with Crippen molar-refractivity contribution in [1.29, 1.82) is 0 Å². The molecule has 1 aromatic heterocycles. The topological polar surface area (TPSA) is 34.0 Å². The van der Waals surface area contributed by atoms with Crippen molar-refractivity contribution in [2.45, 2.75) is 0 Å². The monoisotopic (exact) mass is 268 g/mol. The summed E-state index contributed by atoms with van der Waals surface area (Å²) in [5.74, 6) is -0.347. The van der Waals surface area contributed by atoms with Crippen molar-refractivity contribution < 1.29 is 4.79 Å². The van der Waals surface area contributed by atoms with E-state index in [1.165, 1.54) is 0 Å². The fourth-order valence-electron chi connectivity index (χ4n) is 1.51. The van der Waals surface area contributed by atoms with Crippen LogP contribution in [0.1, 0.15) is 0 Å². The predicted octanol–water partition coefficient (Wildman–Crippen LogP) is 3.31. The van der Waals surface area contributed by atoms with E-state index < -0.39 is 0 Å². The number of nitrogens with one attached hydrogen (secondary N) is 1. The van der Waals surface area contributed by atoms with Crippen LogP contribution >= 0.6 is 23.2 Å². The highest BCUT2D eigenvalue weighted by atomic mass is 35.5. The second-order valence-electron chi connectivity index (χ2n) is 3.43. The minimum Gasteiger partial charge on any atom is -0.323 e. The van der Waals surface area contributed by atoms with E-state index in [0.29, 0.717) is 10.7 Å². The highest BCUT2D eigenvalue weighted by Gasteiger charge is 2.07. The lowest BCUT2D eigenvalue weighted by Gasteiger charge is -2.11. The van der Waals surface area contributed by atoms with E-state index in [4.69, 9.17) is 23.2 Å². The van der Waals surface area contributed by atoms with Crippen LogP contribution in [-0.4, -0.2) is 16.4 Å². The molecule has 0 saturated carbocycles. The third kappa shape index (κ3) is 2.81. The quantitative estimate of drug-likeness (QED) is 0.852. The number of carbonyl (C=O) groups is 1. The second-order valence-corrected chi connectivity index (χ2v) is 4.14. The van der Waals surface area contributed by atoms with Crippen LogP contribution in [0.25, 0.3) is 5.69 Å². The van der Waals surface area contributed by atoms with Gasteiger partial charge in [-0.05, 0) is 30.3 Å². The van der Waals surface area contributed by atoms with Crippen LogP contribution in [0.4, 0.5) is 5.69 Å². The summed E-state index contributed by atoms with van der Waals surface area (Å²) in [6.07, 6.45) is 3.78. The van der Waals surface area contributed by atoms with Gasteiger partial charge in [0.1, 0.15) is 5.88 Å². The number of hydrogen-bond acceptors (Lipinski definition) is 1. The first-order valence-electron chi connectivity index (χ1n) is 4.99. The Balaban J connectivity index is 2.41. The standard InChI is InChI=1S/C12H10Cl2N2O/c13-8-12(17)15-10-7-9(14)3-4-11(10)16-5-1-2-6-16/h1-7H,8H2,(H,15,17). The maximum absolute atomic E-state index is 11.3. The summed E-state index contributed by atoms with van der Waals surface area (Å²) in [6, 6.07) is 9.12. The molecule has 5 heteroatoms. The number of rotatable bonds is 3. The largest absolute Gasteiger partial charge is 0.323 e. The molecule has 1 aromatic carbocycles. The molecule has 1 amide bonds. The summed E-state index contributed by atoms with van der Waals surface area (Å²) in [6.45, 7) is 0. The van der Waals surface area contributed by atoms with Gasteiger partial charge in [0.15, 0.2) is 0 Å². The smallest absolute Gasteiger partial charge is 0.239 e. The molecular formula is C12H10Cl2N2O. The first-order valence-corrected chi connectivity index (χ1v) is 5.90. The van der Waals surface area contributed by atoms with Gasteiger partial charge >= 0.3 is 0 Å². The molecule has 0 fully saturated rings. The molecule has 2 rings (SSSR count). The van der Waals surface area contributed by atoms with E-state index in [2.05, 4.69) is 5.32 Å². The highest BCUT2D eigenvalue weighted by Crippen LogP contribution is 2.24. The predicted molar refractivity (Wildman–Crippen MR) is 70.1 cm³/mol. The van der Waals surface area contributed by atoms with Crippen LogP contribution in [0.5, 0.6) is 0 Å². The fourth-order valence-corrected chi connectivity index (χ4v) is 1.75. The van der Waals surface area contributed by atoms with Crippen molar-refractivity contribution in [2.24, 2.45) is 0 Å². The summed E-state index contributed by atoms with van der Waals surface area (Å²) >= 11 is 11.4. The molecule has 3 nitrogen and oxygen atoms in total. The molecule has 0 unspecified atom stereocenters. The van der Waals surface area contributed by atoms with Gasteiger partial charge in [-0.2, -0.15) is 0 Å². The van der Waals surface area contributed by atoms with Crippen molar-refractivity contribution in [3.05, 3.63) is 47.7 Å². The van der Waals surface area contributed by atoms with Crippen LogP contribution < -0.4 is 5.32 Å². The minimum atomic E-state index is -0.262. The van der Waals surface area contributed by atoms with E-state index in [9.17, 15) is 4.79 Å². The SMILES string of the molecule is O=C(CCl)Nc1cc(Cl)ccc1-n1cccc1. The first-order chi connectivity index (χ1) is 8.20. The van der Waals surface area contributed by atoms with Crippen molar-refractivity contribution in [3.63, 3.8) is 0 Å². The lowest BCUT2D eigenvalue weighted by Crippen LogP contribution is -2.14. The summed E-state index contributed by atoms with van der Waals surface area (Å²) < 4.78 is 1.89. The number of halogens is 2. The average molecular weight is 269 g/mol. The number of hydrogen-bond donors (Lipinski definition) is 1. The zero-order valence-electron chi connectivity index (χ0n) is 8.86. The lowest BCUT2D eigenvalue weighted by atomic mass is 10.2. The summed E-state index contributed by atoms with van der Waals surface area (Å²) in [5, 5.41) is 3.27. The maximum atomic E-state index is 11.3. The molecule has 88 valence electrons. The Morgan fingerprint density at radius 3 is 2.65 bits per heavy atom. The Morgan fingerprint density at radius 1 is 1.29 bits per heavy atom. The van der Waals surface area contributed by atoms with Gasteiger partial charge in [0, 0.05) is 17.4 Å². The molecule has 0 atom stereocenters. The van der Waals surface area contributed by atoms with Crippen molar-refractivity contribution in [1.82, 2.24) is 4.57 Å². The Kier molecular flexibility index (Phi) is 3.71. The highest BCUT2D eigenvalue weighted by molar-refractivity contribution is 6.31. The molecule has 0 spiro atoms. The third-order valence-electron chi connectivity index (χ3n) is 2.24. The van der Waals surface area contributed by atoms with E-state index in [1.807, 2.05) is 35.2 Å². The number of nitrogens with zero attached hydrogens (tertiary/aromatic N) is 1. The Morgan fingerprint density at radius 2 is 2.00 bits per heavy atom. The molecule has 17 heavy (non-hydrogen) atoms. The van der Waals surface area contributed by atoms with Gasteiger partial charge in [-0.1, -0.05) is 11.6 Å². The van der Waals surface area contributed by atoms with Gasteiger partial charge in [-0.3, -0.25) is 4.79 Å². The number of carbonyl (C=O) groups excluding carboxylic acids is 1. The Hall–Kier alpha value is -1.45. The van der Waals surface area contributed by atoms with E-state index >= 15 is 0 Å². The molecule has 1 heterocycles. The molecule has 0 aliphatic carbocycles. The number of benzene rings is 1. The Bertz CT molecular complexity index is 523. The van der Waals surface area contributed by atoms with Crippen molar-refractivity contribution in [2.75, 3.05) is 11.2 Å². The lowest BCUT2D eigenvalue weighted by molar-refractivity contribution is -0.113. The maximum Gasteiger partial charge on any atom is 0.239 e. The van der Waals surface area contributed by atoms with Gasteiger partial charge in [0.2, 0.25) is 5.91 Å². The van der Waals surface area contributed by atoms with E-state index in [-0.39, 0.29) is 11.8 Å². The number of anilines is 1. The minimum absolute atomic E-state index is 0.0857. The van der Waals surface area contributed by atoms with E-state index in [0.717, 1.165) is 5.69 Å². The van der Waals surface area contributed by atoms with Crippen LogP contribution in [0.15, 0.2) is 42.7 Å². The number of alkyl halides is 1. The van der Waals surface area contributed by atoms with Crippen LogP contribution in [0.2, 0.25) is 5.02 Å². The van der Waals surface area contributed by atoms with Gasteiger partial charge in [-0.15, -0.1) is 11.6 Å². The molecular weight excluding hydrogens is 259 g/mol. The zero-order chi connectivity index (χ0) is 12.3. The number of amides is 1. The zero-order valence-corrected chi connectivity index (χ0v) is 10.4. The van der Waals surface area contributed by atoms with Gasteiger partial charge < -0.3 is 9.88 Å². The molecule has 0 saturated heterocycles. The third-order valence-corrected chi connectivity index (χ3v) is 2.71. The Labute approximate surface area is 109 Å². The molecule has 2 aromatic rings.